The minimum absolute atomic E-state index is 0.370. The molecule has 0 amide bonds. The monoisotopic (exact) mass is 283 g/mol. The number of aryl methyl sites for hydroxylation is 1. The highest BCUT2D eigenvalue weighted by atomic mass is 32.1. The van der Waals surface area contributed by atoms with Gasteiger partial charge in [-0.25, -0.2) is 4.98 Å². The molecule has 0 aliphatic rings. The van der Waals surface area contributed by atoms with Crippen LogP contribution >= 0.6 is 11.3 Å². The van der Waals surface area contributed by atoms with Crippen molar-refractivity contribution in [3.05, 3.63) is 65.2 Å². The Bertz CT molecular complexity index is 645. The van der Waals surface area contributed by atoms with Gasteiger partial charge in [-0.1, -0.05) is 42.5 Å². The van der Waals surface area contributed by atoms with E-state index < -0.39 is 0 Å². The number of aliphatic hydroxyl groups excluding tert-OH is 1. The van der Waals surface area contributed by atoms with Gasteiger partial charge >= 0.3 is 0 Å². The lowest BCUT2D eigenvalue weighted by Crippen LogP contribution is -1.98. The third-order valence-corrected chi connectivity index (χ3v) is 4.49. The van der Waals surface area contributed by atoms with Crippen molar-refractivity contribution in [1.82, 2.24) is 4.98 Å². The highest BCUT2D eigenvalue weighted by Crippen LogP contribution is 2.24. The van der Waals surface area contributed by atoms with E-state index in [0.29, 0.717) is 0 Å². The second kappa shape index (κ2) is 6.16. The van der Waals surface area contributed by atoms with Crippen molar-refractivity contribution in [2.75, 3.05) is 0 Å². The molecule has 0 saturated carbocycles. The second-order valence-electron chi connectivity index (χ2n) is 4.89. The van der Waals surface area contributed by atoms with Gasteiger partial charge in [-0.15, -0.1) is 11.3 Å². The first-order chi connectivity index (χ1) is 9.83. The summed E-state index contributed by atoms with van der Waals surface area (Å²) >= 11 is 1.75. The zero-order chi connectivity index (χ0) is 13.8. The van der Waals surface area contributed by atoms with Crippen molar-refractivity contribution < 1.29 is 5.11 Å². The molecule has 0 spiro atoms. The molecule has 0 radical (unpaired) electrons. The number of fused-ring (bicyclic) bond motifs is 1. The van der Waals surface area contributed by atoms with Crippen LogP contribution in [0.2, 0.25) is 0 Å². The standard InChI is InChI=1S/C17H17NOS/c19-15(13-7-2-1-3-8-13)10-6-12-17-18-14-9-4-5-11-16(14)20-17/h1-5,7-9,11,15,19H,6,10,12H2. The summed E-state index contributed by atoms with van der Waals surface area (Å²) in [6.07, 6.45) is 2.30. The van der Waals surface area contributed by atoms with Gasteiger partial charge in [0.05, 0.1) is 21.3 Å². The first-order valence-corrected chi connectivity index (χ1v) is 7.72. The van der Waals surface area contributed by atoms with E-state index in [1.807, 2.05) is 48.5 Å². The normalized spacial score (nSPS) is 12.7. The molecule has 0 aliphatic carbocycles. The Morgan fingerprint density at radius 3 is 2.55 bits per heavy atom. The summed E-state index contributed by atoms with van der Waals surface area (Å²) in [6.45, 7) is 0. The Morgan fingerprint density at radius 1 is 1.00 bits per heavy atom. The topological polar surface area (TPSA) is 33.1 Å². The maximum absolute atomic E-state index is 10.1. The average molecular weight is 283 g/mol. The van der Waals surface area contributed by atoms with Crippen LogP contribution in [0.15, 0.2) is 54.6 Å². The summed E-state index contributed by atoms with van der Waals surface area (Å²) in [5.41, 5.74) is 2.08. The molecular formula is C17H17NOS. The van der Waals surface area contributed by atoms with Crippen LogP contribution in [0.4, 0.5) is 0 Å². The smallest absolute Gasteiger partial charge is 0.0938 e. The first-order valence-electron chi connectivity index (χ1n) is 6.90. The van der Waals surface area contributed by atoms with Crippen LogP contribution in [0.3, 0.4) is 0 Å². The third kappa shape index (κ3) is 3.06. The lowest BCUT2D eigenvalue weighted by molar-refractivity contribution is 0.164. The average Bonchev–Trinajstić information content (AvgIpc) is 2.90. The molecule has 0 fully saturated rings. The van der Waals surface area contributed by atoms with Crippen LogP contribution in [0.1, 0.15) is 29.5 Å². The molecule has 3 aromatic rings. The molecule has 3 rings (SSSR count). The summed E-state index contributed by atoms with van der Waals surface area (Å²) in [5, 5.41) is 11.3. The maximum atomic E-state index is 10.1. The first kappa shape index (κ1) is 13.3. The third-order valence-electron chi connectivity index (χ3n) is 3.39. The van der Waals surface area contributed by atoms with Gasteiger partial charge < -0.3 is 5.11 Å². The minimum atomic E-state index is -0.370. The number of hydrogen-bond acceptors (Lipinski definition) is 3. The summed E-state index contributed by atoms with van der Waals surface area (Å²) < 4.78 is 1.24. The second-order valence-corrected chi connectivity index (χ2v) is 6.01. The van der Waals surface area contributed by atoms with E-state index in [1.165, 1.54) is 4.70 Å². The van der Waals surface area contributed by atoms with Gasteiger partial charge in [0.15, 0.2) is 0 Å². The fraction of sp³-hybridized carbons (Fsp3) is 0.235. The molecule has 1 heterocycles. The van der Waals surface area contributed by atoms with E-state index in [9.17, 15) is 5.11 Å². The molecule has 2 nitrogen and oxygen atoms in total. The molecule has 20 heavy (non-hydrogen) atoms. The van der Waals surface area contributed by atoms with Crippen LogP contribution in [0.5, 0.6) is 0 Å². The quantitative estimate of drug-likeness (QED) is 0.755. The van der Waals surface area contributed by atoms with Crippen LogP contribution < -0.4 is 0 Å². The van der Waals surface area contributed by atoms with Crippen molar-refractivity contribution in [3.63, 3.8) is 0 Å². The van der Waals surface area contributed by atoms with Crippen molar-refractivity contribution in [2.45, 2.75) is 25.4 Å². The Hall–Kier alpha value is -1.71. The highest BCUT2D eigenvalue weighted by Gasteiger charge is 2.08. The maximum Gasteiger partial charge on any atom is 0.0938 e. The lowest BCUT2D eigenvalue weighted by atomic mass is 10.0. The number of thiazole rings is 1. The predicted octanol–water partition coefficient (Wildman–Crippen LogP) is 4.35. The number of para-hydroxylation sites is 1. The molecule has 1 atom stereocenters. The van der Waals surface area contributed by atoms with Gasteiger partial charge in [0.1, 0.15) is 0 Å². The van der Waals surface area contributed by atoms with Crippen LogP contribution in [-0.4, -0.2) is 10.1 Å². The van der Waals surface area contributed by atoms with Gasteiger partial charge in [0, 0.05) is 0 Å². The van der Waals surface area contributed by atoms with E-state index in [4.69, 9.17) is 0 Å². The predicted molar refractivity (Wildman–Crippen MR) is 84.0 cm³/mol. The van der Waals surface area contributed by atoms with Crippen LogP contribution in [0, 0.1) is 0 Å². The van der Waals surface area contributed by atoms with Gasteiger partial charge in [0.25, 0.3) is 0 Å². The zero-order valence-corrected chi connectivity index (χ0v) is 12.0. The summed E-state index contributed by atoms with van der Waals surface area (Å²) in [5.74, 6) is 0. The van der Waals surface area contributed by atoms with Crippen molar-refractivity contribution >= 4 is 21.6 Å². The fourth-order valence-electron chi connectivity index (χ4n) is 2.32. The Balaban J connectivity index is 1.57. The molecule has 3 heteroatoms. The van der Waals surface area contributed by atoms with Gasteiger partial charge in [0.2, 0.25) is 0 Å². The Labute approximate surface area is 122 Å². The van der Waals surface area contributed by atoms with Gasteiger partial charge in [-0.3, -0.25) is 0 Å². The fourth-order valence-corrected chi connectivity index (χ4v) is 3.32. The van der Waals surface area contributed by atoms with Crippen LogP contribution in [0.25, 0.3) is 10.2 Å². The van der Waals surface area contributed by atoms with Crippen molar-refractivity contribution in [2.24, 2.45) is 0 Å². The zero-order valence-electron chi connectivity index (χ0n) is 11.2. The number of aliphatic hydroxyl groups is 1. The molecule has 0 aliphatic heterocycles. The summed E-state index contributed by atoms with van der Waals surface area (Å²) in [6, 6.07) is 18.1. The number of benzene rings is 2. The molecule has 2 aromatic carbocycles. The number of hydrogen-bond donors (Lipinski definition) is 1. The molecule has 102 valence electrons. The molecule has 1 aromatic heterocycles. The minimum Gasteiger partial charge on any atom is -0.388 e. The van der Waals surface area contributed by atoms with Crippen molar-refractivity contribution in [1.29, 1.82) is 0 Å². The number of aromatic nitrogens is 1. The highest BCUT2D eigenvalue weighted by molar-refractivity contribution is 7.18. The van der Waals surface area contributed by atoms with E-state index >= 15 is 0 Å². The summed E-state index contributed by atoms with van der Waals surface area (Å²) in [4.78, 5) is 4.62. The number of nitrogens with zero attached hydrogens (tertiary/aromatic N) is 1. The lowest BCUT2D eigenvalue weighted by Gasteiger charge is -2.09. The molecular weight excluding hydrogens is 266 g/mol. The van der Waals surface area contributed by atoms with E-state index in [0.717, 1.165) is 35.4 Å². The Kier molecular flexibility index (Phi) is 4.09. The molecule has 0 saturated heterocycles. The van der Waals surface area contributed by atoms with E-state index in [1.54, 1.807) is 11.3 Å². The molecule has 1 N–H and O–H groups in total. The summed E-state index contributed by atoms with van der Waals surface area (Å²) in [7, 11) is 0. The molecule has 1 unspecified atom stereocenters. The molecule has 0 bridgehead atoms. The van der Waals surface area contributed by atoms with Gasteiger partial charge in [-0.2, -0.15) is 0 Å². The number of rotatable bonds is 5. The SMILES string of the molecule is OC(CCCc1nc2ccccc2s1)c1ccccc1. The van der Waals surface area contributed by atoms with Crippen LogP contribution in [-0.2, 0) is 6.42 Å². The largest absolute Gasteiger partial charge is 0.388 e. The van der Waals surface area contributed by atoms with E-state index in [-0.39, 0.29) is 6.10 Å². The van der Waals surface area contributed by atoms with Crippen molar-refractivity contribution in [3.8, 4) is 0 Å². The Morgan fingerprint density at radius 2 is 1.75 bits per heavy atom. The van der Waals surface area contributed by atoms with E-state index in [2.05, 4.69) is 11.1 Å². The van der Waals surface area contributed by atoms with Gasteiger partial charge in [-0.05, 0) is 37.0 Å².